The first kappa shape index (κ1) is 23.6. The van der Waals surface area contributed by atoms with E-state index in [-0.39, 0.29) is 35.6 Å². The number of hydrogen-bond donors (Lipinski definition) is 2. The highest BCUT2D eigenvalue weighted by Gasteiger charge is 2.43. The van der Waals surface area contributed by atoms with Gasteiger partial charge in [-0.3, -0.25) is 9.89 Å². The van der Waals surface area contributed by atoms with Gasteiger partial charge in [-0.2, -0.15) is 0 Å². The summed E-state index contributed by atoms with van der Waals surface area (Å²) in [4.78, 5) is 7.35. The normalized spacial score (nSPS) is 23.4. The van der Waals surface area contributed by atoms with Crippen LogP contribution in [-0.4, -0.2) is 62.4 Å². The lowest BCUT2D eigenvalue weighted by Crippen LogP contribution is -2.46. The molecule has 2 fully saturated rings. The molecule has 2 N–H and O–H groups in total. The molecule has 1 spiro atoms. The number of benzene rings is 1. The van der Waals surface area contributed by atoms with Crippen molar-refractivity contribution >= 4 is 29.9 Å². The second kappa shape index (κ2) is 11.5. The molecule has 30 heavy (non-hydrogen) atoms. The molecule has 168 valence electrons. The maximum atomic E-state index is 6.50. The summed E-state index contributed by atoms with van der Waals surface area (Å²) in [5.74, 6) is 1.96. The van der Waals surface area contributed by atoms with Gasteiger partial charge >= 0.3 is 0 Å². The van der Waals surface area contributed by atoms with E-state index in [1.54, 1.807) is 0 Å². The fourth-order valence-electron chi connectivity index (χ4n) is 4.87. The number of halogens is 1. The predicted octanol–water partition coefficient (Wildman–Crippen LogP) is 3.72. The maximum Gasteiger partial charge on any atom is 0.191 e. The number of rotatable bonds is 6. The van der Waals surface area contributed by atoms with E-state index in [2.05, 4.69) is 46.7 Å². The summed E-state index contributed by atoms with van der Waals surface area (Å²) < 4.78 is 11.9. The van der Waals surface area contributed by atoms with Crippen molar-refractivity contribution in [3.8, 4) is 5.75 Å². The van der Waals surface area contributed by atoms with Crippen molar-refractivity contribution in [2.45, 2.75) is 57.1 Å². The van der Waals surface area contributed by atoms with Gasteiger partial charge in [0.1, 0.15) is 11.4 Å². The molecule has 0 amide bonds. The fourth-order valence-corrected chi connectivity index (χ4v) is 4.87. The SMILES string of the molecule is CCNC(=NCCCN1CCOCC1)NC1CC2(CCCC2)Oc2ccccc21.I. The Labute approximate surface area is 198 Å². The molecule has 1 aromatic rings. The Balaban J connectivity index is 0.00000256. The molecule has 3 aliphatic rings. The van der Waals surface area contributed by atoms with E-state index in [0.29, 0.717) is 0 Å². The third-order valence-corrected chi connectivity index (χ3v) is 6.37. The third-order valence-electron chi connectivity index (χ3n) is 6.37. The van der Waals surface area contributed by atoms with Gasteiger partial charge < -0.3 is 20.1 Å². The van der Waals surface area contributed by atoms with Crippen LogP contribution in [0.1, 0.15) is 57.1 Å². The van der Waals surface area contributed by atoms with E-state index in [1.165, 1.54) is 18.4 Å². The van der Waals surface area contributed by atoms with E-state index in [0.717, 1.165) is 83.3 Å². The number of nitrogens with zero attached hydrogens (tertiary/aromatic N) is 2. The van der Waals surface area contributed by atoms with Crippen molar-refractivity contribution < 1.29 is 9.47 Å². The zero-order chi connectivity index (χ0) is 19.9. The van der Waals surface area contributed by atoms with Crippen molar-refractivity contribution in [3.05, 3.63) is 29.8 Å². The Kier molecular flexibility index (Phi) is 9.07. The van der Waals surface area contributed by atoms with E-state index < -0.39 is 0 Å². The topological polar surface area (TPSA) is 58.1 Å². The van der Waals surface area contributed by atoms with Crippen molar-refractivity contribution in [2.24, 2.45) is 4.99 Å². The van der Waals surface area contributed by atoms with Crippen LogP contribution >= 0.6 is 24.0 Å². The largest absolute Gasteiger partial charge is 0.487 e. The lowest BCUT2D eigenvalue weighted by molar-refractivity contribution is 0.0376. The van der Waals surface area contributed by atoms with Crippen LogP contribution < -0.4 is 15.4 Å². The van der Waals surface area contributed by atoms with E-state index in [9.17, 15) is 0 Å². The molecule has 4 rings (SSSR count). The molecule has 1 aromatic carbocycles. The summed E-state index contributed by atoms with van der Waals surface area (Å²) in [7, 11) is 0. The highest BCUT2D eigenvalue weighted by atomic mass is 127. The minimum atomic E-state index is -0.000320. The number of hydrogen-bond acceptors (Lipinski definition) is 4. The second-order valence-electron chi connectivity index (χ2n) is 8.50. The monoisotopic (exact) mass is 528 g/mol. The summed E-state index contributed by atoms with van der Waals surface area (Å²) in [6, 6.07) is 8.74. The molecule has 6 nitrogen and oxygen atoms in total. The van der Waals surface area contributed by atoms with Gasteiger partial charge in [0.15, 0.2) is 5.96 Å². The molecule has 1 saturated heterocycles. The van der Waals surface area contributed by atoms with Crippen LogP contribution in [0, 0.1) is 0 Å². The first-order chi connectivity index (χ1) is 14.3. The lowest BCUT2D eigenvalue weighted by atomic mass is 9.86. The zero-order valence-electron chi connectivity index (χ0n) is 18.2. The summed E-state index contributed by atoms with van der Waals surface area (Å²) in [6.45, 7) is 8.73. The standard InChI is InChI=1S/C23H36N4O2.HI/c1-2-24-22(25-12-7-13-27-14-16-28-17-15-27)26-20-18-23(10-5-6-11-23)29-21-9-4-3-8-19(20)21;/h3-4,8-9,20H,2,5-7,10-18H2,1H3,(H2,24,25,26);1H. The lowest BCUT2D eigenvalue weighted by Gasteiger charge is -2.40. The predicted molar refractivity (Wildman–Crippen MR) is 132 cm³/mol. The van der Waals surface area contributed by atoms with Crippen molar-refractivity contribution in [1.29, 1.82) is 0 Å². The number of nitrogens with one attached hydrogen (secondary N) is 2. The molecule has 1 unspecified atom stereocenters. The van der Waals surface area contributed by atoms with Crippen LogP contribution in [0.25, 0.3) is 0 Å². The molecule has 1 saturated carbocycles. The van der Waals surface area contributed by atoms with Crippen molar-refractivity contribution in [2.75, 3.05) is 45.9 Å². The number of aliphatic imine (C=N–C) groups is 1. The fraction of sp³-hybridized carbons (Fsp3) is 0.696. The molecule has 0 aromatic heterocycles. The molecule has 0 bridgehead atoms. The second-order valence-corrected chi connectivity index (χ2v) is 8.50. The van der Waals surface area contributed by atoms with Gasteiger partial charge in [-0.25, -0.2) is 0 Å². The van der Waals surface area contributed by atoms with Crippen LogP contribution in [0.15, 0.2) is 29.3 Å². The molecule has 0 radical (unpaired) electrons. The molecule has 7 heteroatoms. The smallest absolute Gasteiger partial charge is 0.191 e. The molecule has 2 heterocycles. The number of para-hydroxylation sites is 1. The Hall–Kier alpha value is -1.06. The van der Waals surface area contributed by atoms with Gasteiger partial charge in [0.25, 0.3) is 0 Å². The maximum absolute atomic E-state index is 6.50. The molecule has 2 aliphatic heterocycles. The Morgan fingerprint density at radius 3 is 2.73 bits per heavy atom. The summed E-state index contributed by atoms with van der Waals surface area (Å²) in [6.07, 6.45) is 6.95. The quantitative estimate of drug-likeness (QED) is 0.255. The number of morpholine rings is 1. The Bertz CT molecular complexity index is 688. The van der Waals surface area contributed by atoms with Gasteiger partial charge in [-0.1, -0.05) is 18.2 Å². The van der Waals surface area contributed by atoms with Crippen LogP contribution in [0.2, 0.25) is 0 Å². The van der Waals surface area contributed by atoms with Gasteiger partial charge in [0, 0.05) is 44.7 Å². The average Bonchev–Trinajstić information content (AvgIpc) is 3.19. The minimum absolute atomic E-state index is 0. The van der Waals surface area contributed by atoms with Crippen LogP contribution in [0.5, 0.6) is 5.75 Å². The first-order valence-corrected chi connectivity index (χ1v) is 11.4. The van der Waals surface area contributed by atoms with Crippen molar-refractivity contribution in [1.82, 2.24) is 15.5 Å². The molecular weight excluding hydrogens is 491 g/mol. The highest BCUT2D eigenvalue weighted by molar-refractivity contribution is 14.0. The van der Waals surface area contributed by atoms with Gasteiger partial charge in [-0.05, 0) is 45.1 Å². The van der Waals surface area contributed by atoms with Crippen LogP contribution in [-0.2, 0) is 4.74 Å². The number of ether oxygens (including phenoxy) is 2. The molecule has 1 aliphatic carbocycles. The van der Waals surface area contributed by atoms with E-state index in [4.69, 9.17) is 14.5 Å². The van der Waals surface area contributed by atoms with E-state index >= 15 is 0 Å². The Morgan fingerprint density at radius 1 is 1.20 bits per heavy atom. The van der Waals surface area contributed by atoms with Gasteiger partial charge in [0.2, 0.25) is 0 Å². The van der Waals surface area contributed by atoms with Crippen molar-refractivity contribution in [3.63, 3.8) is 0 Å². The summed E-state index contributed by atoms with van der Waals surface area (Å²) >= 11 is 0. The highest BCUT2D eigenvalue weighted by Crippen LogP contribution is 2.46. The average molecular weight is 528 g/mol. The van der Waals surface area contributed by atoms with Gasteiger partial charge in [-0.15, -0.1) is 24.0 Å². The minimum Gasteiger partial charge on any atom is -0.487 e. The molecular formula is C23H37IN4O2. The van der Waals surface area contributed by atoms with Crippen LogP contribution in [0.4, 0.5) is 0 Å². The Morgan fingerprint density at radius 2 is 1.97 bits per heavy atom. The zero-order valence-corrected chi connectivity index (χ0v) is 20.5. The van der Waals surface area contributed by atoms with Gasteiger partial charge in [0.05, 0.1) is 19.3 Å². The number of guanidine groups is 1. The van der Waals surface area contributed by atoms with E-state index in [1.807, 2.05) is 0 Å². The number of fused-ring (bicyclic) bond motifs is 1. The summed E-state index contributed by atoms with van der Waals surface area (Å²) in [5, 5.41) is 7.17. The first-order valence-electron chi connectivity index (χ1n) is 11.4. The van der Waals surface area contributed by atoms with Crippen LogP contribution in [0.3, 0.4) is 0 Å². The molecule has 1 atom stereocenters. The summed E-state index contributed by atoms with van der Waals surface area (Å²) in [5.41, 5.74) is 1.25. The third kappa shape index (κ3) is 6.01.